The smallest absolute Gasteiger partial charge is 0.243 e. The summed E-state index contributed by atoms with van der Waals surface area (Å²) in [6.07, 6.45) is 2.77. The first-order valence-electron chi connectivity index (χ1n) is 11.8. The Labute approximate surface area is 209 Å². The molecule has 0 radical (unpaired) electrons. The molecule has 3 heterocycles. The van der Waals surface area contributed by atoms with Crippen molar-refractivity contribution in [2.75, 3.05) is 29.9 Å². The highest BCUT2D eigenvalue weighted by Crippen LogP contribution is 2.32. The second-order valence-electron chi connectivity index (χ2n) is 9.25. The second-order valence-corrected chi connectivity index (χ2v) is 12.2. The molecule has 2 aliphatic heterocycles. The van der Waals surface area contributed by atoms with Crippen LogP contribution >= 0.6 is 11.3 Å². The topological polar surface area (TPSA) is 99.7 Å². The number of aromatic nitrogens is 1. The summed E-state index contributed by atoms with van der Waals surface area (Å²) in [5.74, 6) is -0.698. The minimum absolute atomic E-state index is 0.0466. The van der Waals surface area contributed by atoms with Gasteiger partial charge in [0.15, 0.2) is 5.13 Å². The zero-order valence-corrected chi connectivity index (χ0v) is 21.4. The first-order valence-corrected chi connectivity index (χ1v) is 14.1. The fourth-order valence-electron chi connectivity index (χ4n) is 4.88. The molecule has 2 aromatic carbocycles. The van der Waals surface area contributed by atoms with Gasteiger partial charge in [-0.2, -0.15) is 4.31 Å². The number of sulfonamides is 1. The number of carbonyl (C=O) groups is 2. The third-order valence-electron chi connectivity index (χ3n) is 6.72. The van der Waals surface area contributed by atoms with E-state index in [1.165, 1.54) is 22.6 Å². The molecular formula is C25H28N4O4S2. The average molecular weight is 513 g/mol. The quantitative estimate of drug-likeness (QED) is 0.571. The number of hydrogen-bond acceptors (Lipinski definition) is 6. The first kappa shape index (κ1) is 23.9. The van der Waals surface area contributed by atoms with Crippen LogP contribution in [0, 0.1) is 12.8 Å². The molecule has 35 heavy (non-hydrogen) atoms. The van der Waals surface area contributed by atoms with Gasteiger partial charge in [-0.05, 0) is 74.1 Å². The summed E-state index contributed by atoms with van der Waals surface area (Å²) < 4.78 is 29.4. The average Bonchev–Trinajstić information content (AvgIpc) is 3.24. The minimum Gasteiger partial charge on any atom is -0.312 e. The summed E-state index contributed by atoms with van der Waals surface area (Å²) in [5.41, 5.74) is 3.61. The van der Waals surface area contributed by atoms with Gasteiger partial charge in [0.05, 0.1) is 21.0 Å². The van der Waals surface area contributed by atoms with Crippen LogP contribution in [-0.4, -0.2) is 49.2 Å². The third-order valence-corrected chi connectivity index (χ3v) is 9.51. The van der Waals surface area contributed by atoms with Crippen molar-refractivity contribution in [2.24, 2.45) is 5.92 Å². The molecule has 5 rings (SSSR count). The zero-order valence-electron chi connectivity index (χ0n) is 19.8. The maximum absolute atomic E-state index is 13.5. The highest BCUT2D eigenvalue weighted by atomic mass is 32.2. The van der Waals surface area contributed by atoms with Crippen molar-refractivity contribution in [1.29, 1.82) is 0 Å². The maximum Gasteiger partial charge on any atom is 0.243 e. The van der Waals surface area contributed by atoms with Gasteiger partial charge in [-0.1, -0.05) is 17.4 Å². The number of nitrogens with zero attached hydrogens (tertiary/aromatic N) is 3. The number of rotatable bonds is 4. The molecule has 1 unspecified atom stereocenters. The highest BCUT2D eigenvalue weighted by Gasteiger charge is 2.34. The number of amides is 2. The molecule has 1 saturated heterocycles. The van der Waals surface area contributed by atoms with E-state index in [2.05, 4.69) is 10.3 Å². The molecule has 0 aliphatic carbocycles. The molecule has 0 spiro atoms. The van der Waals surface area contributed by atoms with Crippen LogP contribution in [0.4, 0.5) is 10.8 Å². The molecule has 3 aromatic rings. The van der Waals surface area contributed by atoms with Crippen LogP contribution in [0.25, 0.3) is 10.2 Å². The van der Waals surface area contributed by atoms with Crippen LogP contribution in [0.15, 0.2) is 41.3 Å². The van der Waals surface area contributed by atoms with Crippen molar-refractivity contribution in [3.05, 3.63) is 47.5 Å². The molecule has 1 atom stereocenters. The summed E-state index contributed by atoms with van der Waals surface area (Å²) in [6, 6.07) is 10.9. The van der Waals surface area contributed by atoms with E-state index >= 15 is 0 Å². The molecule has 10 heteroatoms. The van der Waals surface area contributed by atoms with Crippen LogP contribution in [0.1, 0.15) is 37.3 Å². The van der Waals surface area contributed by atoms with Crippen LogP contribution in [0.5, 0.6) is 0 Å². The summed E-state index contributed by atoms with van der Waals surface area (Å²) in [7, 11) is -3.76. The Bertz CT molecular complexity index is 1420. The van der Waals surface area contributed by atoms with Crippen molar-refractivity contribution in [1.82, 2.24) is 9.29 Å². The minimum atomic E-state index is -3.76. The number of fused-ring (bicyclic) bond motifs is 2. The highest BCUT2D eigenvalue weighted by molar-refractivity contribution is 7.89. The molecule has 8 nitrogen and oxygen atoms in total. The Balaban J connectivity index is 1.32. The van der Waals surface area contributed by atoms with E-state index in [0.717, 1.165) is 39.9 Å². The van der Waals surface area contributed by atoms with Gasteiger partial charge >= 0.3 is 0 Å². The van der Waals surface area contributed by atoms with E-state index in [1.54, 1.807) is 23.1 Å². The largest absolute Gasteiger partial charge is 0.312 e. The van der Waals surface area contributed by atoms with Crippen molar-refractivity contribution >= 4 is 54.2 Å². The number of hydrogen-bond donors (Lipinski definition) is 1. The second kappa shape index (κ2) is 9.33. The van der Waals surface area contributed by atoms with E-state index in [1.807, 2.05) is 25.1 Å². The number of carbonyl (C=O) groups excluding carboxylic acids is 2. The third kappa shape index (κ3) is 4.70. The van der Waals surface area contributed by atoms with E-state index in [4.69, 9.17) is 0 Å². The summed E-state index contributed by atoms with van der Waals surface area (Å²) in [6.45, 7) is 4.69. The number of nitrogens with one attached hydrogen (secondary N) is 1. The van der Waals surface area contributed by atoms with Crippen LogP contribution in [-0.2, 0) is 26.0 Å². The van der Waals surface area contributed by atoms with Crippen molar-refractivity contribution in [2.45, 2.75) is 44.4 Å². The number of benzene rings is 2. The number of piperidine rings is 1. The van der Waals surface area contributed by atoms with Gasteiger partial charge in [0.2, 0.25) is 21.8 Å². The SMILES string of the molecule is CC(=O)N1CCCc2cc(S(=O)(=O)N3CCCC(C(=O)Nc4nc5ccc(C)cc5s4)C3)ccc21. The van der Waals surface area contributed by atoms with Gasteiger partial charge < -0.3 is 10.2 Å². The molecule has 2 amide bonds. The maximum atomic E-state index is 13.5. The lowest BCUT2D eigenvalue weighted by molar-refractivity contribution is -0.121. The lowest BCUT2D eigenvalue weighted by Gasteiger charge is -2.32. The van der Waals surface area contributed by atoms with Gasteiger partial charge in [-0.15, -0.1) is 0 Å². The fraction of sp³-hybridized carbons (Fsp3) is 0.400. The van der Waals surface area contributed by atoms with Crippen LogP contribution in [0.3, 0.4) is 0 Å². The van der Waals surface area contributed by atoms with E-state index in [9.17, 15) is 18.0 Å². The predicted octanol–water partition coefficient (Wildman–Crippen LogP) is 3.94. The molecule has 2 aliphatic rings. The van der Waals surface area contributed by atoms with Crippen LogP contribution < -0.4 is 10.2 Å². The monoisotopic (exact) mass is 512 g/mol. The van der Waals surface area contributed by atoms with Crippen molar-refractivity contribution < 1.29 is 18.0 Å². The zero-order chi connectivity index (χ0) is 24.7. The van der Waals surface area contributed by atoms with Gasteiger partial charge in [0, 0.05) is 32.2 Å². The molecule has 1 fully saturated rings. The number of aryl methyl sites for hydroxylation is 2. The Kier molecular flexibility index (Phi) is 6.37. The Hall–Kier alpha value is -2.82. The predicted molar refractivity (Wildman–Crippen MR) is 137 cm³/mol. The summed E-state index contributed by atoms with van der Waals surface area (Å²) >= 11 is 1.42. The normalized spacial score (nSPS) is 18.9. The summed E-state index contributed by atoms with van der Waals surface area (Å²) in [5, 5.41) is 3.43. The Morgan fingerprint density at radius 2 is 1.94 bits per heavy atom. The standard InChI is InChI=1S/C25H28N4O4S2/c1-16-7-9-21-23(13-16)34-25(26-21)27-24(31)19-6-3-11-28(15-19)35(32,33)20-8-10-22-18(14-20)5-4-12-29(22)17(2)30/h7-10,13-14,19H,3-6,11-12,15H2,1-2H3,(H,26,27,31). The van der Waals surface area contributed by atoms with Gasteiger partial charge in [0.25, 0.3) is 0 Å². The van der Waals surface area contributed by atoms with E-state index < -0.39 is 15.9 Å². The van der Waals surface area contributed by atoms with Crippen LogP contribution in [0.2, 0.25) is 0 Å². The van der Waals surface area contributed by atoms with Gasteiger partial charge in [0.1, 0.15) is 0 Å². The van der Waals surface area contributed by atoms with Crippen molar-refractivity contribution in [3.63, 3.8) is 0 Å². The number of thiazole rings is 1. The molecule has 0 bridgehead atoms. The Morgan fingerprint density at radius 1 is 1.11 bits per heavy atom. The van der Waals surface area contributed by atoms with Gasteiger partial charge in [-0.3, -0.25) is 9.59 Å². The summed E-state index contributed by atoms with van der Waals surface area (Å²) in [4.78, 5) is 31.4. The number of anilines is 2. The lowest BCUT2D eigenvalue weighted by Crippen LogP contribution is -2.43. The molecule has 184 valence electrons. The van der Waals surface area contributed by atoms with Gasteiger partial charge in [-0.25, -0.2) is 13.4 Å². The fourth-order valence-corrected chi connectivity index (χ4v) is 7.42. The molecule has 1 aromatic heterocycles. The lowest BCUT2D eigenvalue weighted by atomic mass is 9.99. The first-order chi connectivity index (χ1) is 16.7. The van der Waals surface area contributed by atoms with E-state index in [-0.39, 0.29) is 23.3 Å². The Morgan fingerprint density at radius 3 is 2.74 bits per heavy atom. The van der Waals surface area contributed by atoms with E-state index in [0.29, 0.717) is 31.1 Å². The molecule has 0 saturated carbocycles. The molecular weight excluding hydrogens is 484 g/mol. The van der Waals surface area contributed by atoms with Crippen molar-refractivity contribution in [3.8, 4) is 0 Å². The molecule has 1 N–H and O–H groups in total.